The predicted octanol–water partition coefficient (Wildman–Crippen LogP) is 4.61. The fourth-order valence-electron chi connectivity index (χ4n) is 3.17. The summed E-state index contributed by atoms with van der Waals surface area (Å²) in [7, 11) is 0. The summed E-state index contributed by atoms with van der Waals surface area (Å²) in [6, 6.07) is 7.50. The Morgan fingerprint density at radius 3 is 2.77 bits per heavy atom. The molecule has 0 bridgehead atoms. The molecule has 0 unspecified atom stereocenters. The molecular weight excluding hydrogens is 370 g/mol. The highest BCUT2D eigenvalue weighted by atomic mass is 35.5. The zero-order chi connectivity index (χ0) is 18.9. The van der Waals surface area contributed by atoms with E-state index in [1.165, 1.54) is 4.90 Å². The van der Waals surface area contributed by atoms with Gasteiger partial charge < -0.3 is 5.32 Å². The van der Waals surface area contributed by atoms with Gasteiger partial charge in [0.25, 0.3) is 5.91 Å². The number of benzene rings is 1. The van der Waals surface area contributed by atoms with E-state index in [-0.39, 0.29) is 18.5 Å². The Morgan fingerprint density at radius 2 is 2.08 bits per heavy atom. The zero-order valence-electron chi connectivity index (χ0n) is 15.1. The van der Waals surface area contributed by atoms with Gasteiger partial charge in [-0.15, -0.1) is 11.8 Å². The third kappa shape index (κ3) is 3.53. The maximum absolute atomic E-state index is 12.8. The Morgan fingerprint density at radius 1 is 1.31 bits per heavy atom. The average Bonchev–Trinajstić information content (AvgIpc) is 2.83. The molecule has 1 fully saturated rings. The molecule has 0 saturated carbocycles. The van der Waals surface area contributed by atoms with E-state index in [2.05, 4.69) is 17.2 Å². The van der Waals surface area contributed by atoms with Gasteiger partial charge in [0.2, 0.25) is 0 Å². The third-order valence-electron chi connectivity index (χ3n) is 4.75. The Bertz CT molecular complexity index is 873. The highest BCUT2D eigenvalue weighted by Crippen LogP contribution is 2.29. The van der Waals surface area contributed by atoms with Crippen molar-refractivity contribution in [3.63, 3.8) is 0 Å². The fraction of sp³-hybridized carbons (Fsp3) is 0.421. The molecule has 1 atom stereocenters. The number of halogens is 1. The highest BCUT2D eigenvalue weighted by molar-refractivity contribution is 7.98. The van der Waals surface area contributed by atoms with Crippen molar-refractivity contribution in [3.05, 3.63) is 35.0 Å². The maximum atomic E-state index is 12.8. The molecule has 138 valence electrons. The van der Waals surface area contributed by atoms with E-state index in [0.29, 0.717) is 17.1 Å². The van der Waals surface area contributed by atoms with Crippen LogP contribution in [-0.4, -0.2) is 33.6 Å². The number of urea groups is 1. The number of pyridine rings is 1. The molecule has 26 heavy (non-hydrogen) atoms. The second kappa shape index (κ2) is 7.45. The summed E-state index contributed by atoms with van der Waals surface area (Å²) in [4.78, 5) is 31.9. The Balaban J connectivity index is 1.87. The van der Waals surface area contributed by atoms with Crippen LogP contribution >= 0.6 is 23.4 Å². The van der Waals surface area contributed by atoms with Crippen molar-refractivity contribution in [2.75, 3.05) is 6.26 Å². The SMILES string of the molecule is CCCC[C@@]1(C)NC(=O)N(Cc2cc3ccc(SC)cc3nc2Cl)C1=O. The van der Waals surface area contributed by atoms with Gasteiger partial charge in [0.05, 0.1) is 12.1 Å². The minimum atomic E-state index is -0.836. The molecule has 2 heterocycles. The molecule has 1 aromatic carbocycles. The number of amides is 3. The van der Waals surface area contributed by atoms with Gasteiger partial charge in [-0.3, -0.25) is 9.69 Å². The van der Waals surface area contributed by atoms with Gasteiger partial charge in [0, 0.05) is 15.8 Å². The van der Waals surface area contributed by atoms with E-state index >= 15 is 0 Å². The van der Waals surface area contributed by atoms with Crippen molar-refractivity contribution in [1.82, 2.24) is 15.2 Å². The number of carbonyl (C=O) groups excluding carboxylic acids is 2. The van der Waals surface area contributed by atoms with Crippen LogP contribution in [-0.2, 0) is 11.3 Å². The van der Waals surface area contributed by atoms with Crippen LogP contribution in [0.2, 0.25) is 5.15 Å². The molecule has 1 aliphatic heterocycles. The van der Waals surface area contributed by atoms with Gasteiger partial charge in [-0.1, -0.05) is 37.4 Å². The summed E-state index contributed by atoms with van der Waals surface area (Å²) in [5.74, 6) is -0.204. The lowest BCUT2D eigenvalue weighted by atomic mass is 9.95. The normalized spacial score (nSPS) is 20.1. The zero-order valence-corrected chi connectivity index (χ0v) is 16.7. The number of nitrogens with one attached hydrogen (secondary N) is 1. The number of fused-ring (bicyclic) bond motifs is 1. The first-order chi connectivity index (χ1) is 12.4. The molecule has 0 radical (unpaired) electrons. The van der Waals surface area contributed by atoms with Crippen molar-refractivity contribution >= 4 is 46.2 Å². The van der Waals surface area contributed by atoms with Crippen molar-refractivity contribution in [1.29, 1.82) is 0 Å². The molecule has 2 aromatic rings. The molecule has 1 aliphatic rings. The van der Waals surface area contributed by atoms with Crippen LogP contribution in [0, 0.1) is 0 Å². The van der Waals surface area contributed by atoms with E-state index in [4.69, 9.17) is 11.6 Å². The molecule has 0 aliphatic carbocycles. The number of aromatic nitrogens is 1. The molecule has 3 rings (SSSR count). The average molecular weight is 392 g/mol. The van der Waals surface area contributed by atoms with Crippen LogP contribution in [0.5, 0.6) is 0 Å². The topological polar surface area (TPSA) is 62.3 Å². The number of rotatable bonds is 6. The first-order valence-corrected chi connectivity index (χ1v) is 10.3. The first-order valence-electron chi connectivity index (χ1n) is 8.65. The van der Waals surface area contributed by atoms with E-state index < -0.39 is 5.54 Å². The molecule has 7 heteroatoms. The maximum Gasteiger partial charge on any atom is 0.325 e. The largest absolute Gasteiger partial charge is 0.325 e. The number of carbonyl (C=O) groups is 2. The first kappa shape index (κ1) is 19.0. The number of thioether (sulfide) groups is 1. The minimum absolute atomic E-state index is 0.123. The number of imide groups is 1. The number of hydrogen-bond acceptors (Lipinski definition) is 4. The van der Waals surface area contributed by atoms with Crippen molar-refractivity contribution < 1.29 is 9.59 Å². The predicted molar refractivity (Wildman–Crippen MR) is 106 cm³/mol. The van der Waals surface area contributed by atoms with Crippen LogP contribution in [0.3, 0.4) is 0 Å². The summed E-state index contributed by atoms with van der Waals surface area (Å²) >= 11 is 7.98. The molecular formula is C19H22ClN3O2S. The molecule has 1 aromatic heterocycles. The third-order valence-corrected chi connectivity index (χ3v) is 5.81. The summed E-state index contributed by atoms with van der Waals surface area (Å²) in [6.07, 6.45) is 4.49. The molecule has 0 spiro atoms. The van der Waals surface area contributed by atoms with Crippen molar-refractivity contribution in [3.8, 4) is 0 Å². The number of nitrogens with zero attached hydrogens (tertiary/aromatic N) is 2. The van der Waals surface area contributed by atoms with Gasteiger partial charge in [0.15, 0.2) is 0 Å². The lowest BCUT2D eigenvalue weighted by Gasteiger charge is -2.21. The van der Waals surface area contributed by atoms with Gasteiger partial charge in [-0.05, 0) is 37.8 Å². The molecule has 5 nitrogen and oxygen atoms in total. The molecule has 1 N–H and O–H groups in total. The minimum Gasteiger partial charge on any atom is -0.323 e. The lowest BCUT2D eigenvalue weighted by molar-refractivity contribution is -0.131. The van der Waals surface area contributed by atoms with E-state index in [1.54, 1.807) is 18.7 Å². The van der Waals surface area contributed by atoms with Crippen LogP contribution < -0.4 is 5.32 Å². The Labute approximate surface area is 162 Å². The quantitative estimate of drug-likeness (QED) is 0.443. The van der Waals surface area contributed by atoms with Crippen LogP contribution in [0.1, 0.15) is 38.7 Å². The number of hydrogen-bond donors (Lipinski definition) is 1. The lowest BCUT2D eigenvalue weighted by Crippen LogP contribution is -2.43. The van der Waals surface area contributed by atoms with E-state index in [0.717, 1.165) is 28.6 Å². The summed E-state index contributed by atoms with van der Waals surface area (Å²) in [5.41, 5.74) is 0.631. The van der Waals surface area contributed by atoms with E-state index in [9.17, 15) is 9.59 Å². The second-order valence-corrected chi connectivity index (χ2v) is 7.99. The molecule has 1 saturated heterocycles. The van der Waals surface area contributed by atoms with Crippen molar-refractivity contribution in [2.24, 2.45) is 0 Å². The van der Waals surface area contributed by atoms with Crippen LogP contribution in [0.15, 0.2) is 29.2 Å². The van der Waals surface area contributed by atoms with Crippen LogP contribution in [0.4, 0.5) is 4.79 Å². The monoisotopic (exact) mass is 391 g/mol. The fourth-order valence-corrected chi connectivity index (χ4v) is 3.80. The Kier molecular flexibility index (Phi) is 5.44. The Hall–Kier alpha value is -1.79. The highest BCUT2D eigenvalue weighted by Gasteiger charge is 2.47. The standard InChI is InChI=1S/C19H22ClN3O2S/c1-4-5-8-19(2)17(24)23(18(25)22-19)11-13-9-12-6-7-14(26-3)10-15(12)21-16(13)20/h6-7,9-10H,4-5,8,11H2,1-3H3,(H,22,25)/t19-/m1/s1. The van der Waals surface area contributed by atoms with Gasteiger partial charge in [0.1, 0.15) is 10.7 Å². The molecule has 3 amide bonds. The van der Waals surface area contributed by atoms with Gasteiger partial charge >= 0.3 is 6.03 Å². The summed E-state index contributed by atoms with van der Waals surface area (Å²) < 4.78 is 0. The van der Waals surface area contributed by atoms with Crippen molar-refractivity contribution in [2.45, 2.75) is 50.1 Å². The van der Waals surface area contributed by atoms with Crippen LogP contribution in [0.25, 0.3) is 10.9 Å². The second-order valence-electron chi connectivity index (χ2n) is 6.75. The number of unbranched alkanes of at least 4 members (excludes halogenated alkanes) is 1. The summed E-state index contributed by atoms with van der Waals surface area (Å²) in [6.45, 7) is 3.97. The van der Waals surface area contributed by atoms with Gasteiger partial charge in [-0.25, -0.2) is 9.78 Å². The van der Waals surface area contributed by atoms with Gasteiger partial charge in [-0.2, -0.15) is 0 Å². The van der Waals surface area contributed by atoms with E-state index in [1.807, 2.05) is 30.5 Å². The smallest absolute Gasteiger partial charge is 0.323 e. The summed E-state index contributed by atoms with van der Waals surface area (Å²) in [5, 5.41) is 4.08.